The summed E-state index contributed by atoms with van der Waals surface area (Å²) in [6.45, 7) is 0.570. The zero-order valence-corrected chi connectivity index (χ0v) is 7.46. The normalized spacial score (nSPS) is 20.7. The van der Waals surface area contributed by atoms with Gasteiger partial charge in [-0.1, -0.05) is 0 Å². The van der Waals surface area contributed by atoms with Gasteiger partial charge in [-0.05, 0) is 24.6 Å². The molecule has 0 spiro atoms. The molecule has 1 atom stereocenters. The highest BCUT2D eigenvalue weighted by Gasteiger charge is 2.20. The molecule has 1 aromatic carbocycles. The van der Waals surface area contributed by atoms with Gasteiger partial charge in [-0.15, -0.1) is 0 Å². The SMILES string of the molecule is N#Cc1ccc(F)c([C@@H]2CCON2)c1. The second kappa shape index (κ2) is 3.74. The molecule has 0 unspecified atom stereocenters. The van der Waals surface area contributed by atoms with E-state index in [9.17, 15) is 4.39 Å². The third-order valence-corrected chi connectivity index (χ3v) is 2.23. The lowest BCUT2D eigenvalue weighted by molar-refractivity contribution is 0.0877. The number of hydrogen-bond donors (Lipinski definition) is 1. The van der Waals surface area contributed by atoms with Gasteiger partial charge in [-0.3, -0.25) is 0 Å². The Morgan fingerprint density at radius 3 is 3.07 bits per heavy atom. The summed E-state index contributed by atoms with van der Waals surface area (Å²) in [4.78, 5) is 4.94. The number of nitrogens with one attached hydrogen (secondary N) is 1. The van der Waals surface area contributed by atoms with Crippen LogP contribution < -0.4 is 5.48 Å². The van der Waals surface area contributed by atoms with Gasteiger partial charge >= 0.3 is 0 Å². The van der Waals surface area contributed by atoms with Crippen LogP contribution in [0.2, 0.25) is 0 Å². The van der Waals surface area contributed by atoms with Gasteiger partial charge in [0.25, 0.3) is 0 Å². The fourth-order valence-corrected chi connectivity index (χ4v) is 1.49. The van der Waals surface area contributed by atoms with Crippen molar-refractivity contribution in [3.05, 3.63) is 35.1 Å². The van der Waals surface area contributed by atoms with Crippen molar-refractivity contribution < 1.29 is 9.23 Å². The second-order valence-corrected chi connectivity index (χ2v) is 3.16. The summed E-state index contributed by atoms with van der Waals surface area (Å²) >= 11 is 0. The smallest absolute Gasteiger partial charge is 0.128 e. The lowest BCUT2D eigenvalue weighted by atomic mass is 10.0. The maximum absolute atomic E-state index is 13.4. The highest BCUT2D eigenvalue weighted by molar-refractivity contribution is 5.35. The molecular formula is C10H9FN2O. The lowest BCUT2D eigenvalue weighted by Gasteiger charge is -2.09. The molecule has 0 aromatic heterocycles. The monoisotopic (exact) mass is 192 g/mol. The van der Waals surface area contributed by atoms with Crippen LogP contribution in [0, 0.1) is 17.1 Å². The van der Waals surface area contributed by atoms with Crippen molar-refractivity contribution in [2.24, 2.45) is 0 Å². The maximum Gasteiger partial charge on any atom is 0.128 e. The van der Waals surface area contributed by atoms with E-state index >= 15 is 0 Å². The summed E-state index contributed by atoms with van der Waals surface area (Å²) in [5.41, 5.74) is 3.68. The first-order chi connectivity index (χ1) is 6.81. The Morgan fingerprint density at radius 2 is 2.43 bits per heavy atom. The van der Waals surface area contributed by atoms with Gasteiger partial charge in [0.15, 0.2) is 0 Å². The van der Waals surface area contributed by atoms with Crippen LogP contribution in [0.5, 0.6) is 0 Å². The van der Waals surface area contributed by atoms with E-state index in [1.165, 1.54) is 12.1 Å². The average Bonchev–Trinajstić information content (AvgIpc) is 2.71. The minimum absolute atomic E-state index is 0.136. The molecule has 14 heavy (non-hydrogen) atoms. The van der Waals surface area contributed by atoms with Crippen molar-refractivity contribution in [3.8, 4) is 6.07 Å². The fourth-order valence-electron chi connectivity index (χ4n) is 1.49. The number of nitrogens with zero attached hydrogens (tertiary/aromatic N) is 1. The van der Waals surface area contributed by atoms with Crippen LogP contribution in [-0.2, 0) is 4.84 Å². The Hall–Kier alpha value is -1.44. The Morgan fingerprint density at radius 1 is 1.57 bits per heavy atom. The molecule has 4 heteroatoms. The van der Waals surface area contributed by atoms with Gasteiger partial charge in [-0.25, -0.2) is 4.39 Å². The topological polar surface area (TPSA) is 45.0 Å². The van der Waals surface area contributed by atoms with E-state index in [0.717, 1.165) is 6.42 Å². The Labute approximate surface area is 81.1 Å². The van der Waals surface area contributed by atoms with Crippen LogP contribution in [-0.4, -0.2) is 6.61 Å². The fraction of sp³-hybridized carbons (Fsp3) is 0.300. The predicted octanol–water partition coefficient (Wildman–Crippen LogP) is 1.66. The van der Waals surface area contributed by atoms with Crippen LogP contribution in [0.3, 0.4) is 0 Å². The molecule has 0 bridgehead atoms. The molecule has 1 aromatic rings. The molecule has 0 saturated carbocycles. The number of halogens is 1. The van der Waals surface area contributed by atoms with Crippen LogP contribution in [0.25, 0.3) is 0 Å². The molecule has 1 saturated heterocycles. The molecule has 1 N–H and O–H groups in total. The summed E-state index contributed by atoms with van der Waals surface area (Å²) < 4.78 is 13.4. The number of hydroxylamine groups is 1. The van der Waals surface area contributed by atoms with Crippen molar-refractivity contribution in [1.82, 2.24) is 5.48 Å². The lowest BCUT2D eigenvalue weighted by Crippen LogP contribution is -2.13. The molecule has 0 aliphatic carbocycles. The second-order valence-electron chi connectivity index (χ2n) is 3.16. The minimum atomic E-state index is -0.299. The first-order valence-corrected chi connectivity index (χ1v) is 4.38. The molecule has 2 rings (SSSR count). The summed E-state index contributed by atoms with van der Waals surface area (Å²) in [7, 11) is 0. The van der Waals surface area contributed by atoms with Crippen LogP contribution in [0.1, 0.15) is 23.6 Å². The van der Waals surface area contributed by atoms with Gasteiger partial charge in [0.1, 0.15) is 5.82 Å². The van der Waals surface area contributed by atoms with Crippen LogP contribution in [0.15, 0.2) is 18.2 Å². The standard InChI is InChI=1S/C10H9FN2O/c11-9-2-1-7(6-12)5-8(9)10-3-4-14-13-10/h1-2,5,10,13H,3-4H2/t10-/m0/s1. The molecule has 0 radical (unpaired) electrons. The van der Waals surface area contributed by atoms with Gasteiger partial charge in [0.05, 0.1) is 24.3 Å². The Bertz CT molecular complexity index is 380. The van der Waals surface area contributed by atoms with Gasteiger partial charge in [0, 0.05) is 5.56 Å². The van der Waals surface area contributed by atoms with Gasteiger partial charge < -0.3 is 4.84 Å². The molecule has 1 aliphatic heterocycles. The van der Waals surface area contributed by atoms with Crippen LogP contribution >= 0.6 is 0 Å². The summed E-state index contributed by atoms with van der Waals surface area (Å²) in [6, 6.07) is 6.18. The van der Waals surface area contributed by atoms with Crippen molar-refractivity contribution in [2.45, 2.75) is 12.5 Å². The minimum Gasteiger partial charge on any atom is -0.301 e. The zero-order chi connectivity index (χ0) is 9.97. The highest BCUT2D eigenvalue weighted by atomic mass is 19.1. The first-order valence-electron chi connectivity index (χ1n) is 4.38. The van der Waals surface area contributed by atoms with E-state index in [-0.39, 0.29) is 11.9 Å². The van der Waals surface area contributed by atoms with E-state index in [1.807, 2.05) is 6.07 Å². The molecule has 72 valence electrons. The summed E-state index contributed by atoms with van der Waals surface area (Å²) in [5, 5.41) is 8.67. The molecule has 1 fully saturated rings. The van der Waals surface area contributed by atoms with E-state index in [4.69, 9.17) is 10.1 Å². The molecule has 3 nitrogen and oxygen atoms in total. The maximum atomic E-state index is 13.4. The largest absolute Gasteiger partial charge is 0.301 e. The highest BCUT2D eigenvalue weighted by Crippen LogP contribution is 2.24. The quantitative estimate of drug-likeness (QED) is 0.736. The molecule has 1 aliphatic rings. The van der Waals surface area contributed by atoms with Crippen molar-refractivity contribution in [2.75, 3.05) is 6.61 Å². The molecule has 1 heterocycles. The molecule has 0 amide bonds. The van der Waals surface area contributed by atoms with Crippen LogP contribution in [0.4, 0.5) is 4.39 Å². The Kier molecular flexibility index (Phi) is 2.44. The third kappa shape index (κ3) is 1.60. The van der Waals surface area contributed by atoms with Crippen molar-refractivity contribution in [3.63, 3.8) is 0 Å². The zero-order valence-electron chi connectivity index (χ0n) is 7.46. The number of benzene rings is 1. The molecular weight excluding hydrogens is 183 g/mol. The van der Waals surface area contributed by atoms with Gasteiger partial charge in [0.2, 0.25) is 0 Å². The third-order valence-electron chi connectivity index (χ3n) is 2.23. The van der Waals surface area contributed by atoms with Gasteiger partial charge in [-0.2, -0.15) is 10.7 Å². The summed E-state index contributed by atoms with van der Waals surface area (Å²) in [6.07, 6.45) is 0.728. The van der Waals surface area contributed by atoms with Crippen molar-refractivity contribution in [1.29, 1.82) is 5.26 Å². The number of hydrogen-bond acceptors (Lipinski definition) is 3. The summed E-state index contributed by atoms with van der Waals surface area (Å²) in [5.74, 6) is -0.299. The Balaban J connectivity index is 2.35. The van der Waals surface area contributed by atoms with E-state index in [0.29, 0.717) is 17.7 Å². The average molecular weight is 192 g/mol. The first kappa shape index (κ1) is 9.13. The number of rotatable bonds is 1. The predicted molar refractivity (Wildman–Crippen MR) is 47.6 cm³/mol. The van der Waals surface area contributed by atoms with E-state index < -0.39 is 0 Å². The van der Waals surface area contributed by atoms with E-state index in [1.54, 1.807) is 6.07 Å². The number of nitriles is 1. The van der Waals surface area contributed by atoms with Crippen molar-refractivity contribution >= 4 is 0 Å². The van der Waals surface area contributed by atoms with E-state index in [2.05, 4.69) is 5.48 Å².